The highest BCUT2D eigenvalue weighted by Gasteiger charge is 2.54. The number of hydrogen-bond donors (Lipinski definition) is 0. The Kier molecular flexibility index (Phi) is 6.04. The lowest BCUT2D eigenvalue weighted by atomic mass is 9.48. The SMILES string of the molecule is CC1=CC(=O)[C@H]2C(C)(C)CCC[C@]2(C)[C@H]1/C=C/c1ccoc1SCc1ccc(F)cc1. The summed E-state index contributed by atoms with van der Waals surface area (Å²) in [5.41, 5.74) is 3.23. The van der Waals surface area contributed by atoms with E-state index in [0.717, 1.165) is 46.8 Å². The second kappa shape index (κ2) is 8.46. The van der Waals surface area contributed by atoms with E-state index in [-0.39, 0.29) is 28.5 Å². The van der Waals surface area contributed by atoms with Crippen LogP contribution in [0.4, 0.5) is 4.39 Å². The van der Waals surface area contributed by atoms with E-state index in [9.17, 15) is 9.18 Å². The number of allylic oxidation sites excluding steroid dienone is 3. The predicted molar refractivity (Wildman–Crippen MR) is 125 cm³/mol. The van der Waals surface area contributed by atoms with Crippen LogP contribution >= 0.6 is 11.8 Å². The third-order valence-electron chi connectivity index (χ3n) is 7.24. The van der Waals surface area contributed by atoms with E-state index in [2.05, 4.69) is 39.8 Å². The van der Waals surface area contributed by atoms with Gasteiger partial charge in [0.2, 0.25) is 0 Å². The molecule has 1 aromatic heterocycles. The Balaban J connectivity index is 1.56. The molecule has 2 aromatic rings. The number of fused-ring (bicyclic) bond motifs is 1. The van der Waals surface area contributed by atoms with Crippen molar-refractivity contribution >= 4 is 23.6 Å². The van der Waals surface area contributed by atoms with E-state index >= 15 is 0 Å². The number of ketones is 1. The molecular weight excluding hydrogens is 407 g/mol. The number of hydrogen-bond acceptors (Lipinski definition) is 3. The van der Waals surface area contributed by atoms with Crippen LogP contribution in [0.2, 0.25) is 0 Å². The van der Waals surface area contributed by atoms with Gasteiger partial charge in [-0.05, 0) is 60.4 Å². The standard InChI is InChI=1S/C27H31FO2S/c1-18-16-23(29)24-26(2,3)13-5-14-27(24,4)22(18)11-8-20-12-15-30-25(20)31-17-19-6-9-21(28)10-7-19/h6-12,15-16,22,24H,5,13-14,17H2,1-4H3/b11-8+/t22-,24-,27+/m0/s1. The van der Waals surface area contributed by atoms with Crippen molar-refractivity contribution < 1.29 is 13.6 Å². The van der Waals surface area contributed by atoms with Crippen molar-refractivity contribution in [2.75, 3.05) is 0 Å². The van der Waals surface area contributed by atoms with E-state index in [1.807, 2.05) is 12.1 Å². The molecule has 4 heteroatoms. The maximum absolute atomic E-state index is 13.1. The first-order valence-corrected chi connectivity index (χ1v) is 12.0. The van der Waals surface area contributed by atoms with Crippen LogP contribution < -0.4 is 0 Å². The molecular formula is C27H31FO2S. The monoisotopic (exact) mass is 438 g/mol. The number of furan rings is 1. The van der Waals surface area contributed by atoms with Crippen LogP contribution in [-0.4, -0.2) is 5.78 Å². The number of halogens is 1. The largest absolute Gasteiger partial charge is 0.457 e. The van der Waals surface area contributed by atoms with Gasteiger partial charge in [0.1, 0.15) is 5.82 Å². The molecule has 3 atom stereocenters. The summed E-state index contributed by atoms with van der Waals surface area (Å²) in [5, 5.41) is 0.861. The number of benzene rings is 1. The van der Waals surface area contributed by atoms with E-state index in [1.54, 1.807) is 30.2 Å². The molecule has 1 heterocycles. The van der Waals surface area contributed by atoms with Gasteiger partial charge in [-0.15, -0.1) is 0 Å². The average molecular weight is 439 g/mol. The molecule has 1 fully saturated rings. The average Bonchev–Trinajstić information content (AvgIpc) is 3.13. The number of thioether (sulfide) groups is 1. The maximum Gasteiger partial charge on any atom is 0.167 e. The van der Waals surface area contributed by atoms with Gasteiger partial charge in [-0.25, -0.2) is 4.39 Å². The zero-order chi connectivity index (χ0) is 22.2. The Morgan fingerprint density at radius 1 is 1.16 bits per heavy atom. The molecule has 0 amide bonds. The lowest BCUT2D eigenvalue weighted by molar-refractivity contribution is -0.134. The Hall–Kier alpha value is -2.07. The van der Waals surface area contributed by atoms with Crippen molar-refractivity contribution in [3.8, 4) is 0 Å². The van der Waals surface area contributed by atoms with Gasteiger partial charge in [0.25, 0.3) is 0 Å². The van der Waals surface area contributed by atoms with Gasteiger partial charge < -0.3 is 4.42 Å². The summed E-state index contributed by atoms with van der Waals surface area (Å²) < 4.78 is 18.9. The van der Waals surface area contributed by atoms with Gasteiger partial charge in [-0.2, -0.15) is 0 Å². The number of carbonyl (C=O) groups excluding carboxylic acids is 1. The lowest BCUT2D eigenvalue weighted by Gasteiger charge is -2.55. The highest BCUT2D eigenvalue weighted by Crippen LogP contribution is 2.58. The molecule has 0 bridgehead atoms. The van der Waals surface area contributed by atoms with Crippen LogP contribution in [0.15, 0.2) is 63.8 Å². The molecule has 0 N–H and O–H groups in total. The molecule has 2 aliphatic carbocycles. The first-order chi connectivity index (χ1) is 14.7. The van der Waals surface area contributed by atoms with Gasteiger partial charge in [0.15, 0.2) is 10.9 Å². The summed E-state index contributed by atoms with van der Waals surface area (Å²) >= 11 is 1.61. The summed E-state index contributed by atoms with van der Waals surface area (Å²) in [5.74, 6) is 1.10. The zero-order valence-electron chi connectivity index (χ0n) is 18.8. The first kappa shape index (κ1) is 22.1. The van der Waals surface area contributed by atoms with E-state index < -0.39 is 0 Å². The van der Waals surface area contributed by atoms with Crippen molar-refractivity contribution in [3.63, 3.8) is 0 Å². The molecule has 4 rings (SSSR count). The highest BCUT2D eigenvalue weighted by atomic mass is 32.2. The summed E-state index contributed by atoms with van der Waals surface area (Å²) in [6.45, 7) is 8.90. The molecule has 31 heavy (non-hydrogen) atoms. The van der Waals surface area contributed by atoms with Crippen LogP contribution in [-0.2, 0) is 10.5 Å². The van der Waals surface area contributed by atoms with Crippen molar-refractivity contribution in [2.24, 2.45) is 22.7 Å². The first-order valence-electron chi connectivity index (χ1n) is 11.1. The van der Waals surface area contributed by atoms with Crippen LogP contribution in [0.3, 0.4) is 0 Å². The minimum absolute atomic E-state index is 0.0270. The minimum atomic E-state index is -0.220. The second-order valence-corrected chi connectivity index (χ2v) is 10.9. The Morgan fingerprint density at radius 3 is 2.65 bits per heavy atom. The van der Waals surface area contributed by atoms with Gasteiger partial charge >= 0.3 is 0 Å². The van der Waals surface area contributed by atoms with Crippen LogP contribution in [0.5, 0.6) is 0 Å². The summed E-state index contributed by atoms with van der Waals surface area (Å²) in [6.07, 6.45) is 11.4. The third-order valence-corrected chi connectivity index (χ3v) is 8.31. The van der Waals surface area contributed by atoms with Crippen molar-refractivity contribution in [1.82, 2.24) is 0 Å². The molecule has 164 valence electrons. The fourth-order valence-corrected chi connectivity index (χ4v) is 6.83. The van der Waals surface area contributed by atoms with E-state index in [1.165, 1.54) is 12.1 Å². The Morgan fingerprint density at radius 2 is 1.90 bits per heavy atom. The molecule has 0 unspecified atom stereocenters. The van der Waals surface area contributed by atoms with Crippen molar-refractivity contribution in [3.05, 3.63) is 71.3 Å². The molecule has 0 saturated heterocycles. The normalized spacial score (nSPS) is 27.9. The summed E-state index contributed by atoms with van der Waals surface area (Å²) in [4.78, 5) is 13.0. The molecule has 0 spiro atoms. The molecule has 1 saturated carbocycles. The molecule has 0 aliphatic heterocycles. The van der Waals surface area contributed by atoms with Crippen LogP contribution in [0.1, 0.15) is 58.1 Å². The maximum atomic E-state index is 13.1. The lowest BCUT2D eigenvalue weighted by Crippen LogP contribution is -2.52. The minimum Gasteiger partial charge on any atom is -0.457 e. The van der Waals surface area contributed by atoms with E-state index in [4.69, 9.17) is 4.42 Å². The Labute approximate surface area is 189 Å². The smallest absolute Gasteiger partial charge is 0.167 e. The Bertz CT molecular complexity index is 1010. The van der Waals surface area contributed by atoms with Gasteiger partial charge in [0.05, 0.1) is 6.26 Å². The second-order valence-electron chi connectivity index (χ2n) is 9.99. The van der Waals surface area contributed by atoms with Crippen LogP contribution in [0.25, 0.3) is 6.08 Å². The van der Waals surface area contributed by atoms with Gasteiger partial charge in [0, 0.05) is 23.2 Å². The fraction of sp³-hybridized carbons (Fsp3) is 0.444. The molecule has 0 radical (unpaired) electrons. The molecule has 1 aromatic carbocycles. The predicted octanol–water partition coefficient (Wildman–Crippen LogP) is 7.70. The number of carbonyl (C=O) groups is 1. The topological polar surface area (TPSA) is 30.2 Å². The van der Waals surface area contributed by atoms with Crippen molar-refractivity contribution in [1.29, 1.82) is 0 Å². The molecule has 2 aliphatic rings. The zero-order valence-corrected chi connectivity index (χ0v) is 19.6. The fourth-order valence-electron chi connectivity index (χ4n) is 5.92. The van der Waals surface area contributed by atoms with E-state index in [0.29, 0.717) is 5.78 Å². The summed E-state index contributed by atoms with van der Waals surface area (Å²) in [6, 6.07) is 8.57. The third kappa shape index (κ3) is 4.32. The van der Waals surface area contributed by atoms with Crippen molar-refractivity contribution in [2.45, 2.75) is 57.8 Å². The summed E-state index contributed by atoms with van der Waals surface area (Å²) in [7, 11) is 0. The highest BCUT2D eigenvalue weighted by molar-refractivity contribution is 7.98. The van der Waals surface area contributed by atoms with Gasteiger partial charge in [-0.1, -0.05) is 68.8 Å². The quantitative estimate of drug-likeness (QED) is 0.448. The molecule has 2 nitrogen and oxygen atoms in total. The van der Waals surface area contributed by atoms with Crippen LogP contribution in [0, 0.1) is 28.5 Å². The van der Waals surface area contributed by atoms with Gasteiger partial charge in [-0.3, -0.25) is 4.79 Å². The number of rotatable bonds is 5.